The minimum atomic E-state index is -0.476. The summed E-state index contributed by atoms with van der Waals surface area (Å²) in [6.45, 7) is 6.89. The van der Waals surface area contributed by atoms with Crippen LogP contribution in [-0.4, -0.2) is 42.8 Å². The molecule has 0 aliphatic heterocycles. The van der Waals surface area contributed by atoms with Gasteiger partial charge in [-0.05, 0) is 20.3 Å². The molecular weight excluding hydrogens is 224 g/mol. The van der Waals surface area contributed by atoms with Crippen LogP contribution in [0.25, 0.3) is 0 Å². The van der Waals surface area contributed by atoms with Gasteiger partial charge in [-0.2, -0.15) is 0 Å². The summed E-state index contributed by atoms with van der Waals surface area (Å²) in [4.78, 5) is 22.1. The lowest BCUT2D eigenvalue weighted by molar-refractivity contribution is -0.140. The molecule has 98 valence electrons. The molecule has 17 heavy (non-hydrogen) atoms. The van der Waals surface area contributed by atoms with Crippen molar-refractivity contribution in [2.24, 2.45) is 0 Å². The molecule has 0 aromatic heterocycles. The van der Waals surface area contributed by atoms with Gasteiger partial charge in [0.2, 0.25) is 0 Å². The average Bonchev–Trinajstić information content (AvgIpc) is 2.25. The second-order valence-electron chi connectivity index (χ2n) is 3.90. The largest absolute Gasteiger partial charge is 0.460 e. The van der Waals surface area contributed by atoms with Gasteiger partial charge < -0.3 is 14.6 Å². The van der Waals surface area contributed by atoms with Gasteiger partial charge in [-0.1, -0.05) is 6.58 Å². The third-order valence-corrected chi connectivity index (χ3v) is 1.91. The monoisotopic (exact) mass is 244 g/mol. The van der Waals surface area contributed by atoms with Crippen molar-refractivity contribution in [2.45, 2.75) is 32.8 Å². The van der Waals surface area contributed by atoms with Gasteiger partial charge in [-0.15, -0.1) is 0 Å². The molecular formula is C12H20O5. The molecule has 0 spiro atoms. The standard InChI is InChI=1S/C12H20O5/c1-9(2)12(15)17-7-6-16-8-11(14)5-4-10(3)13/h10,13H,1,4-8H2,2-3H3. The number of aliphatic hydroxyl groups excluding tert-OH is 1. The Labute approximate surface area is 101 Å². The van der Waals surface area contributed by atoms with E-state index < -0.39 is 12.1 Å². The molecule has 0 saturated heterocycles. The molecule has 1 N–H and O–H groups in total. The van der Waals surface area contributed by atoms with Crippen LogP contribution in [0.1, 0.15) is 26.7 Å². The van der Waals surface area contributed by atoms with Gasteiger partial charge >= 0.3 is 5.97 Å². The van der Waals surface area contributed by atoms with Crippen LogP contribution in [-0.2, 0) is 19.1 Å². The summed E-state index contributed by atoms with van der Waals surface area (Å²) in [6, 6.07) is 0. The third-order valence-electron chi connectivity index (χ3n) is 1.91. The van der Waals surface area contributed by atoms with Crippen LogP contribution in [0.15, 0.2) is 12.2 Å². The van der Waals surface area contributed by atoms with Crippen molar-refractivity contribution in [2.75, 3.05) is 19.8 Å². The fourth-order valence-electron chi connectivity index (χ4n) is 0.945. The van der Waals surface area contributed by atoms with Crippen molar-refractivity contribution in [1.82, 2.24) is 0 Å². The van der Waals surface area contributed by atoms with Crippen LogP contribution in [0.3, 0.4) is 0 Å². The highest BCUT2D eigenvalue weighted by molar-refractivity contribution is 5.86. The normalized spacial score (nSPS) is 11.9. The van der Waals surface area contributed by atoms with Gasteiger partial charge in [-0.25, -0.2) is 4.79 Å². The van der Waals surface area contributed by atoms with Gasteiger partial charge in [0.05, 0.1) is 12.7 Å². The second kappa shape index (κ2) is 8.90. The van der Waals surface area contributed by atoms with E-state index >= 15 is 0 Å². The van der Waals surface area contributed by atoms with E-state index in [9.17, 15) is 9.59 Å². The van der Waals surface area contributed by atoms with Gasteiger partial charge in [0.25, 0.3) is 0 Å². The SMILES string of the molecule is C=C(C)C(=O)OCCOCC(=O)CCC(C)O. The molecule has 0 aromatic rings. The smallest absolute Gasteiger partial charge is 0.333 e. The topological polar surface area (TPSA) is 72.8 Å². The van der Waals surface area contributed by atoms with E-state index in [0.29, 0.717) is 18.4 Å². The average molecular weight is 244 g/mol. The number of aliphatic hydroxyl groups is 1. The Hall–Kier alpha value is -1.20. The van der Waals surface area contributed by atoms with E-state index in [4.69, 9.17) is 14.6 Å². The van der Waals surface area contributed by atoms with Gasteiger partial charge in [0.15, 0.2) is 5.78 Å². The highest BCUT2D eigenvalue weighted by Crippen LogP contribution is 1.97. The minimum Gasteiger partial charge on any atom is -0.460 e. The highest BCUT2D eigenvalue weighted by Gasteiger charge is 2.05. The summed E-state index contributed by atoms with van der Waals surface area (Å²) in [5.74, 6) is -0.536. The number of carbonyl (C=O) groups excluding carboxylic acids is 2. The van der Waals surface area contributed by atoms with Crippen LogP contribution in [0.2, 0.25) is 0 Å². The lowest BCUT2D eigenvalue weighted by Gasteiger charge is -2.06. The van der Waals surface area contributed by atoms with Gasteiger partial charge in [-0.3, -0.25) is 4.79 Å². The van der Waals surface area contributed by atoms with Crippen molar-refractivity contribution in [3.8, 4) is 0 Å². The number of hydrogen-bond donors (Lipinski definition) is 1. The van der Waals surface area contributed by atoms with E-state index in [0.717, 1.165) is 0 Å². The number of esters is 1. The molecule has 0 fully saturated rings. The van der Waals surface area contributed by atoms with Crippen LogP contribution in [0, 0.1) is 0 Å². The Balaban J connectivity index is 3.42. The molecule has 1 atom stereocenters. The molecule has 0 saturated carbocycles. The highest BCUT2D eigenvalue weighted by atomic mass is 16.6. The molecule has 0 aliphatic rings. The van der Waals surface area contributed by atoms with Crippen LogP contribution < -0.4 is 0 Å². The number of hydrogen-bond acceptors (Lipinski definition) is 5. The van der Waals surface area contributed by atoms with Crippen molar-refractivity contribution in [1.29, 1.82) is 0 Å². The zero-order valence-corrected chi connectivity index (χ0v) is 10.4. The molecule has 0 bridgehead atoms. The predicted octanol–water partition coefficient (Wildman–Crippen LogP) is 0.852. The van der Waals surface area contributed by atoms with Crippen molar-refractivity contribution in [3.63, 3.8) is 0 Å². The van der Waals surface area contributed by atoms with E-state index in [-0.39, 0.29) is 25.6 Å². The fraction of sp³-hybridized carbons (Fsp3) is 0.667. The third kappa shape index (κ3) is 9.71. The molecule has 0 heterocycles. The quantitative estimate of drug-likeness (QED) is 0.370. The first kappa shape index (κ1) is 15.8. The lowest BCUT2D eigenvalue weighted by atomic mass is 10.2. The molecule has 0 aromatic carbocycles. The molecule has 0 aliphatic carbocycles. The number of Topliss-reactive ketones (excluding diaryl/α,β-unsaturated/α-hetero) is 1. The van der Waals surface area contributed by atoms with Crippen LogP contribution in [0.4, 0.5) is 0 Å². The van der Waals surface area contributed by atoms with E-state index in [1.807, 2.05) is 0 Å². The predicted molar refractivity (Wildman–Crippen MR) is 62.5 cm³/mol. The first-order valence-electron chi connectivity index (χ1n) is 5.53. The van der Waals surface area contributed by atoms with E-state index in [1.165, 1.54) is 0 Å². The molecule has 0 rings (SSSR count). The molecule has 1 unspecified atom stereocenters. The molecule has 0 radical (unpaired) electrons. The van der Waals surface area contributed by atoms with Crippen molar-refractivity contribution < 1.29 is 24.2 Å². The molecule has 0 amide bonds. The first-order chi connectivity index (χ1) is 7.93. The van der Waals surface area contributed by atoms with Gasteiger partial charge in [0, 0.05) is 12.0 Å². The minimum absolute atomic E-state index is 0.0165. The summed E-state index contributed by atoms with van der Waals surface area (Å²) in [6.07, 6.45) is 0.256. The first-order valence-corrected chi connectivity index (χ1v) is 5.53. The summed E-state index contributed by atoms with van der Waals surface area (Å²) in [5, 5.41) is 8.97. The zero-order chi connectivity index (χ0) is 13.3. The summed E-state index contributed by atoms with van der Waals surface area (Å²) < 4.78 is 9.79. The van der Waals surface area contributed by atoms with Crippen LogP contribution in [0.5, 0.6) is 0 Å². The van der Waals surface area contributed by atoms with Crippen LogP contribution >= 0.6 is 0 Å². The Kier molecular flexibility index (Phi) is 8.27. The molecule has 5 heteroatoms. The number of ether oxygens (including phenoxy) is 2. The number of carbonyl (C=O) groups is 2. The zero-order valence-electron chi connectivity index (χ0n) is 10.4. The summed E-state index contributed by atoms with van der Waals surface area (Å²) in [5.41, 5.74) is 0.331. The Morgan fingerprint density at radius 1 is 1.35 bits per heavy atom. The molecule has 5 nitrogen and oxygen atoms in total. The maximum Gasteiger partial charge on any atom is 0.333 e. The number of ketones is 1. The maximum atomic E-state index is 11.2. The lowest BCUT2D eigenvalue weighted by Crippen LogP contribution is -2.15. The Bertz CT molecular complexity index is 270. The number of rotatable bonds is 9. The van der Waals surface area contributed by atoms with E-state index in [2.05, 4.69) is 6.58 Å². The maximum absolute atomic E-state index is 11.2. The second-order valence-corrected chi connectivity index (χ2v) is 3.90. The van der Waals surface area contributed by atoms with Crippen molar-refractivity contribution >= 4 is 11.8 Å². The fourth-order valence-corrected chi connectivity index (χ4v) is 0.945. The Morgan fingerprint density at radius 3 is 2.53 bits per heavy atom. The van der Waals surface area contributed by atoms with Gasteiger partial charge in [0.1, 0.15) is 13.2 Å². The van der Waals surface area contributed by atoms with Crippen molar-refractivity contribution in [3.05, 3.63) is 12.2 Å². The summed E-state index contributed by atoms with van der Waals surface area (Å²) in [7, 11) is 0. The summed E-state index contributed by atoms with van der Waals surface area (Å²) >= 11 is 0. The Morgan fingerprint density at radius 2 is 2.00 bits per heavy atom. The van der Waals surface area contributed by atoms with E-state index in [1.54, 1.807) is 13.8 Å².